The molecule has 1 aromatic heterocycles. The normalized spacial score (nSPS) is 11.2. The lowest BCUT2D eigenvalue weighted by molar-refractivity contribution is 0.102. The number of halogens is 1. The molecule has 1 heterocycles. The fourth-order valence-corrected chi connectivity index (χ4v) is 3.14. The first-order valence-corrected chi connectivity index (χ1v) is 9.68. The predicted octanol–water partition coefficient (Wildman–Crippen LogP) is 5.43. The molecule has 0 atom stereocenters. The van der Waals surface area contributed by atoms with Gasteiger partial charge in [-0.3, -0.25) is 9.78 Å². The number of benzene rings is 2. The van der Waals surface area contributed by atoms with Crippen molar-refractivity contribution >= 4 is 17.3 Å². The number of carbonyl (C=O) groups excluding carboxylic acids is 1. The minimum atomic E-state index is -0.216. The maximum atomic E-state index is 13.7. The molecule has 2 aromatic carbocycles. The average Bonchev–Trinajstić information content (AvgIpc) is 2.69. The lowest BCUT2D eigenvalue weighted by Crippen LogP contribution is -2.19. The largest absolute Gasteiger partial charge is 0.383 e. The van der Waals surface area contributed by atoms with Crippen molar-refractivity contribution in [2.45, 2.75) is 32.6 Å². The summed E-state index contributed by atoms with van der Waals surface area (Å²) in [7, 11) is 0. The predicted molar refractivity (Wildman–Crippen MR) is 116 cm³/mol. The van der Waals surface area contributed by atoms with E-state index in [1.807, 2.05) is 30.3 Å². The van der Waals surface area contributed by atoms with E-state index in [-0.39, 0.29) is 17.1 Å². The van der Waals surface area contributed by atoms with Crippen LogP contribution >= 0.6 is 0 Å². The molecule has 150 valence electrons. The highest BCUT2D eigenvalue weighted by Crippen LogP contribution is 2.29. The monoisotopic (exact) mass is 391 g/mol. The van der Waals surface area contributed by atoms with Crippen LogP contribution in [0.2, 0.25) is 0 Å². The van der Waals surface area contributed by atoms with E-state index in [0.29, 0.717) is 24.1 Å². The minimum absolute atomic E-state index is 0.0851. The molecule has 0 unspecified atom stereocenters. The van der Waals surface area contributed by atoms with Gasteiger partial charge in [0.05, 0.1) is 11.3 Å². The summed E-state index contributed by atoms with van der Waals surface area (Å²) >= 11 is 0. The lowest BCUT2D eigenvalue weighted by atomic mass is 9.86. The number of rotatable bonds is 6. The summed E-state index contributed by atoms with van der Waals surface area (Å²) < 4.78 is 13.7. The Kier molecular flexibility index (Phi) is 6.27. The third-order valence-corrected chi connectivity index (χ3v) is 4.67. The van der Waals surface area contributed by atoms with E-state index >= 15 is 0 Å². The maximum Gasteiger partial charge on any atom is 0.257 e. The number of nitrogens with one attached hydrogen (secondary N) is 2. The Morgan fingerprint density at radius 1 is 1.03 bits per heavy atom. The van der Waals surface area contributed by atoms with Gasteiger partial charge in [-0.2, -0.15) is 0 Å². The minimum Gasteiger partial charge on any atom is -0.383 e. The number of para-hydroxylation sites is 1. The fraction of sp³-hybridized carbons (Fsp3) is 0.250. The van der Waals surface area contributed by atoms with Crippen molar-refractivity contribution in [2.24, 2.45) is 0 Å². The smallest absolute Gasteiger partial charge is 0.257 e. The first kappa shape index (κ1) is 20.5. The van der Waals surface area contributed by atoms with Gasteiger partial charge in [0.25, 0.3) is 5.91 Å². The molecule has 0 aliphatic heterocycles. The molecule has 0 saturated carbocycles. The van der Waals surface area contributed by atoms with Crippen LogP contribution in [0.1, 0.15) is 42.3 Å². The van der Waals surface area contributed by atoms with Crippen LogP contribution < -0.4 is 10.6 Å². The third kappa shape index (κ3) is 5.41. The molecule has 4 nitrogen and oxygen atoms in total. The van der Waals surface area contributed by atoms with E-state index < -0.39 is 0 Å². The van der Waals surface area contributed by atoms with Crippen LogP contribution in [0.4, 0.5) is 15.8 Å². The highest BCUT2D eigenvalue weighted by Gasteiger charge is 2.19. The molecule has 2 N–H and O–H groups in total. The Bertz CT molecular complexity index is 995. The molecule has 0 aliphatic rings. The molecule has 1 amide bonds. The molecule has 0 bridgehead atoms. The van der Waals surface area contributed by atoms with E-state index in [9.17, 15) is 9.18 Å². The molecule has 0 aliphatic carbocycles. The molecule has 0 radical (unpaired) electrons. The van der Waals surface area contributed by atoms with Gasteiger partial charge in [0.1, 0.15) is 5.82 Å². The van der Waals surface area contributed by atoms with Crippen molar-refractivity contribution in [1.82, 2.24) is 4.98 Å². The second kappa shape index (κ2) is 8.86. The van der Waals surface area contributed by atoms with Crippen LogP contribution in [-0.2, 0) is 11.8 Å². The van der Waals surface area contributed by atoms with Crippen molar-refractivity contribution in [3.05, 3.63) is 89.5 Å². The van der Waals surface area contributed by atoms with Crippen molar-refractivity contribution in [3.8, 4) is 0 Å². The Morgan fingerprint density at radius 2 is 1.76 bits per heavy atom. The Hall–Kier alpha value is -3.21. The number of anilines is 2. The van der Waals surface area contributed by atoms with E-state index in [4.69, 9.17) is 0 Å². The standard InChI is InChI=1S/C24H26FN3O/c1-24(2,3)20-9-5-7-11-22(20)28-23(29)18-14-19(16-26-15-18)27-13-12-17-8-4-6-10-21(17)25/h4-11,14-16,27H,12-13H2,1-3H3,(H,28,29). The van der Waals surface area contributed by atoms with Gasteiger partial charge in [-0.05, 0) is 41.2 Å². The summed E-state index contributed by atoms with van der Waals surface area (Å²) in [4.78, 5) is 16.9. The van der Waals surface area contributed by atoms with Crippen LogP contribution in [0.25, 0.3) is 0 Å². The van der Waals surface area contributed by atoms with Gasteiger partial charge in [0, 0.05) is 24.6 Å². The number of carbonyl (C=O) groups is 1. The molecule has 29 heavy (non-hydrogen) atoms. The van der Waals surface area contributed by atoms with E-state index in [0.717, 1.165) is 16.9 Å². The highest BCUT2D eigenvalue weighted by atomic mass is 19.1. The van der Waals surface area contributed by atoms with Crippen molar-refractivity contribution < 1.29 is 9.18 Å². The van der Waals surface area contributed by atoms with Gasteiger partial charge in [0.2, 0.25) is 0 Å². The van der Waals surface area contributed by atoms with Gasteiger partial charge >= 0.3 is 0 Å². The van der Waals surface area contributed by atoms with Gasteiger partial charge in [-0.1, -0.05) is 57.2 Å². The number of hydrogen-bond donors (Lipinski definition) is 2. The molecule has 0 spiro atoms. The number of amides is 1. The zero-order valence-electron chi connectivity index (χ0n) is 17.0. The van der Waals surface area contributed by atoms with Crippen LogP contribution in [0.15, 0.2) is 67.0 Å². The van der Waals surface area contributed by atoms with Gasteiger partial charge in [0.15, 0.2) is 0 Å². The zero-order chi connectivity index (χ0) is 20.9. The zero-order valence-corrected chi connectivity index (χ0v) is 17.0. The van der Waals surface area contributed by atoms with Crippen LogP contribution in [0.5, 0.6) is 0 Å². The summed E-state index contributed by atoms with van der Waals surface area (Å²) in [6.07, 6.45) is 3.74. The molecule has 3 rings (SSSR count). The Labute approximate surface area is 171 Å². The van der Waals surface area contributed by atoms with Crippen LogP contribution in [-0.4, -0.2) is 17.4 Å². The SMILES string of the molecule is CC(C)(C)c1ccccc1NC(=O)c1cncc(NCCc2ccccc2F)c1. The second-order valence-corrected chi connectivity index (χ2v) is 7.98. The van der Waals surface area contributed by atoms with Gasteiger partial charge in [-0.15, -0.1) is 0 Å². The first-order valence-electron chi connectivity index (χ1n) is 9.68. The topological polar surface area (TPSA) is 54.0 Å². The van der Waals surface area contributed by atoms with Gasteiger partial charge in [-0.25, -0.2) is 4.39 Å². The summed E-state index contributed by atoms with van der Waals surface area (Å²) in [5.74, 6) is -0.426. The molecule has 0 fully saturated rings. The summed E-state index contributed by atoms with van der Waals surface area (Å²) in [6.45, 7) is 6.87. The maximum absolute atomic E-state index is 13.7. The average molecular weight is 391 g/mol. The third-order valence-electron chi connectivity index (χ3n) is 4.67. The fourth-order valence-electron chi connectivity index (χ4n) is 3.14. The summed E-state index contributed by atoms with van der Waals surface area (Å²) in [5.41, 5.74) is 3.62. The number of hydrogen-bond acceptors (Lipinski definition) is 3. The number of aromatic nitrogens is 1. The number of pyridine rings is 1. The quantitative estimate of drug-likeness (QED) is 0.589. The Balaban J connectivity index is 1.66. The van der Waals surface area contributed by atoms with Gasteiger partial charge < -0.3 is 10.6 Å². The second-order valence-electron chi connectivity index (χ2n) is 7.98. The van der Waals surface area contributed by atoms with E-state index in [1.165, 1.54) is 12.3 Å². The number of nitrogens with zero attached hydrogens (tertiary/aromatic N) is 1. The molecular formula is C24H26FN3O. The first-order chi connectivity index (χ1) is 13.8. The van der Waals surface area contributed by atoms with Crippen LogP contribution in [0.3, 0.4) is 0 Å². The van der Waals surface area contributed by atoms with E-state index in [1.54, 1.807) is 24.4 Å². The highest BCUT2D eigenvalue weighted by molar-refractivity contribution is 6.05. The van der Waals surface area contributed by atoms with Crippen molar-refractivity contribution in [3.63, 3.8) is 0 Å². The molecule has 5 heteroatoms. The van der Waals surface area contributed by atoms with Crippen molar-refractivity contribution in [1.29, 1.82) is 0 Å². The molecule has 0 saturated heterocycles. The lowest BCUT2D eigenvalue weighted by Gasteiger charge is -2.23. The molecular weight excluding hydrogens is 365 g/mol. The Morgan fingerprint density at radius 3 is 2.52 bits per heavy atom. The van der Waals surface area contributed by atoms with E-state index in [2.05, 4.69) is 36.4 Å². The van der Waals surface area contributed by atoms with Crippen molar-refractivity contribution in [2.75, 3.05) is 17.2 Å². The molecule has 3 aromatic rings. The van der Waals surface area contributed by atoms with Crippen LogP contribution in [0, 0.1) is 5.82 Å². The summed E-state index contributed by atoms with van der Waals surface area (Å²) in [5, 5.41) is 6.20. The summed E-state index contributed by atoms with van der Waals surface area (Å²) in [6, 6.07) is 16.3.